The molecule has 126 valence electrons. The molecule has 3 rings (SSSR count). The van der Waals surface area contributed by atoms with E-state index in [2.05, 4.69) is 0 Å². The number of amides is 2. The number of benzene rings is 1. The smallest absolute Gasteiger partial charge is 0.352 e. The Labute approximate surface area is 142 Å². The van der Waals surface area contributed by atoms with Crippen LogP contribution in [-0.2, 0) is 14.4 Å². The Morgan fingerprint density at radius 3 is 2.58 bits per heavy atom. The van der Waals surface area contributed by atoms with Gasteiger partial charge >= 0.3 is 5.97 Å². The Bertz CT molecular complexity index is 733. The molecule has 0 aliphatic carbocycles. The molecule has 8 heteroatoms. The van der Waals surface area contributed by atoms with E-state index in [-0.39, 0.29) is 5.70 Å². The minimum absolute atomic E-state index is 0.00298. The Balaban J connectivity index is 1.86. The number of carbonyl (C=O) groups is 3. The van der Waals surface area contributed by atoms with Gasteiger partial charge in [-0.05, 0) is 24.6 Å². The van der Waals surface area contributed by atoms with Crippen molar-refractivity contribution in [3.05, 3.63) is 41.6 Å². The van der Waals surface area contributed by atoms with E-state index in [1.54, 1.807) is 31.2 Å². The maximum atomic E-state index is 12.5. The van der Waals surface area contributed by atoms with Crippen molar-refractivity contribution in [3.63, 3.8) is 0 Å². The SMILES string of the molecule is CC(=O)N(Oc1ccccc1)[C@@H]1C(=O)N2C(C(=O)O)=C(C)CS[C@H]12. The number of fused-ring (bicyclic) bond motifs is 1. The van der Waals surface area contributed by atoms with Crippen molar-refractivity contribution in [2.24, 2.45) is 0 Å². The Morgan fingerprint density at radius 2 is 2.00 bits per heavy atom. The van der Waals surface area contributed by atoms with Crippen molar-refractivity contribution in [2.45, 2.75) is 25.3 Å². The highest BCUT2D eigenvalue weighted by Crippen LogP contribution is 2.42. The molecule has 1 aromatic rings. The maximum absolute atomic E-state index is 12.5. The van der Waals surface area contributed by atoms with Crippen molar-refractivity contribution in [1.82, 2.24) is 9.96 Å². The molecule has 0 aromatic heterocycles. The third-order valence-corrected chi connectivity index (χ3v) is 5.25. The van der Waals surface area contributed by atoms with Gasteiger partial charge in [0.25, 0.3) is 11.8 Å². The molecule has 0 bridgehead atoms. The fraction of sp³-hybridized carbons (Fsp3) is 0.312. The van der Waals surface area contributed by atoms with E-state index in [0.717, 1.165) is 5.06 Å². The molecule has 0 unspecified atom stereocenters. The van der Waals surface area contributed by atoms with E-state index in [1.165, 1.54) is 23.6 Å². The highest BCUT2D eigenvalue weighted by Gasteiger charge is 2.57. The molecule has 24 heavy (non-hydrogen) atoms. The first-order valence-corrected chi connectivity index (χ1v) is 8.37. The number of β-lactam (4-membered cyclic amide) rings is 1. The number of hydrogen-bond donors (Lipinski definition) is 1. The van der Waals surface area contributed by atoms with E-state index < -0.39 is 29.2 Å². The molecule has 2 heterocycles. The molecule has 2 amide bonds. The topological polar surface area (TPSA) is 87.2 Å². The number of aliphatic carboxylic acids is 1. The zero-order chi connectivity index (χ0) is 17.4. The monoisotopic (exact) mass is 348 g/mol. The summed E-state index contributed by atoms with van der Waals surface area (Å²) in [5.41, 5.74) is 0.636. The summed E-state index contributed by atoms with van der Waals surface area (Å²) in [7, 11) is 0. The standard InChI is InChI=1S/C16H16N2O5S/c1-9-8-24-15-13(14(20)17(15)12(9)16(21)22)18(10(2)19)23-11-6-4-3-5-7-11/h3-7,13,15H,8H2,1-2H3,(H,21,22)/t13-,15-/m1/s1. The van der Waals surface area contributed by atoms with Gasteiger partial charge < -0.3 is 9.94 Å². The van der Waals surface area contributed by atoms with Gasteiger partial charge in [0.1, 0.15) is 11.1 Å². The molecule has 1 N–H and O–H groups in total. The molecule has 1 saturated heterocycles. The van der Waals surface area contributed by atoms with E-state index in [0.29, 0.717) is 17.1 Å². The molecule has 1 aromatic carbocycles. The van der Waals surface area contributed by atoms with Gasteiger partial charge in [-0.2, -0.15) is 5.06 Å². The fourth-order valence-electron chi connectivity index (χ4n) is 2.75. The average Bonchev–Trinajstić information content (AvgIpc) is 2.55. The van der Waals surface area contributed by atoms with Gasteiger partial charge in [0.15, 0.2) is 11.8 Å². The van der Waals surface area contributed by atoms with Crippen LogP contribution >= 0.6 is 11.8 Å². The number of carbonyl (C=O) groups excluding carboxylic acids is 2. The second kappa shape index (κ2) is 6.20. The van der Waals surface area contributed by atoms with Gasteiger partial charge in [0.2, 0.25) is 0 Å². The normalized spacial score (nSPS) is 22.6. The number of hydrogen-bond acceptors (Lipinski definition) is 5. The van der Waals surface area contributed by atoms with Crippen molar-refractivity contribution in [1.29, 1.82) is 0 Å². The summed E-state index contributed by atoms with van der Waals surface area (Å²) in [5, 5.41) is 9.92. The van der Waals surface area contributed by atoms with Gasteiger partial charge in [-0.3, -0.25) is 14.5 Å². The summed E-state index contributed by atoms with van der Waals surface area (Å²) in [6, 6.07) is 7.84. The molecule has 0 radical (unpaired) electrons. The number of thioether (sulfide) groups is 1. The summed E-state index contributed by atoms with van der Waals surface area (Å²) < 4.78 is 0. The predicted octanol–water partition coefficient (Wildman–Crippen LogP) is 1.47. The molecule has 1 fully saturated rings. The zero-order valence-corrected chi connectivity index (χ0v) is 13.9. The van der Waals surface area contributed by atoms with Gasteiger partial charge in [0.05, 0.1) is 0 Å². The van der Waals surface area contributed by atoms with E-state index in [9.17, 15) is 19.5 Å². The molecule has 2 aliphatic rings. The van der Waals surface area contributed by atoms with Gasteiger partial charge in [-0.1, -0.05) is 18.2 Å². The highest BCUT2D eigenvalue weighted by atomic mass is 32.2. The summed E-state index contributed by atoms with van der Waals surface area (Å²) in [5.74, 6) is -1.08. The first-order chi connectivity index (χ1) is 11.4. The minimum atomic E-state index is -1.14. The zero-order valence-electron chi connectivity index (χ0n) is 13.1. The largest absolute Gasteiger partial charge is 0.477 e. The summed E-state index contributed by atoms with van der Waals surface area (Å²) in [6.45, 7) is 3.00. The van der Waals surface area contributed by atoms with Crippen LogP contribution < -0.4 is 4.84 Å². The van der Waals surface area contributed by atoms with Crippen LogP contribution in [0.25, 0.3) is 0 Å². The molecule has 0 saturated carbocycles. The van der Waals surface area contributed by atoms with Crippen molar-refractivity contribution < 1.29 is 24.3 Å². The number of rotatable bonds is 4. The Kier molecular flexibility index (Phi) is 4.23. The third-order valence-electron chi connectivity index (χ3n) is 3.84. The van der Waals surface area contributed by atoms with Crippen molar-refractivity contribution in [3.8, 4) is 5.75 Å². The number of nitrogens with zero attached hydrogens (tertiary/aromatic N) is 2. The Hall–Kier alpha value is -2.48. The maximum Gasteiger partial charge on any atom is 0.352 e. The molecule has 2 aliphatic heterocycles. The van der Waals surface area contributed by atoms with E-state index in [4.69, 9.17) is 4.84 Å². The summed E-state index contributed by atoms with van der Waals surface area (Å²) >= 11 is 1.42. The third kappa shape index (κ3) is 2.62. The summed E-state index contributed by atoms with van der Waals surface area (Å²) in [4.78, 5) is 42.8. The van der Waals surface area contributed by atoms with Crippen molar-refractivity contribution in [2.75, 3.05) is 5.75 Å². The fourth-order valence-corrected chi connectivity index (χ4v) is 4.08. The quantitative estimate of drug-likeness (QED) is 0.655. The first-order valence-electron chi connectivity index (χ1n) is 7.32. The van der Waals surface area contributed by atoms with E-state index >= 15 is 0 Å². The van der Waals surface area contributed by atoms with Gasteiger partial charge in [-0.15, -0.1) is 11.8 Å². The lowest BCUT2D eigenvalue weighted by Gasteiger charge is -2.51. The number of para-hydroxylation sites is 1. The highest BCUT2D eigenvalue weighted by molar-refractivity contribution is 8.00. The minimum Gasteiger partial charge on any atom is -0.477 e. The van der Waals surface area contributed by atoms with Crippen LogP contribution in [0.15, 0.2) is 41.6 Å². The van der Waals surface area contributed by atoms with E-state index in [1.807, 2.05) is 6.07 Å². The molecule has 7 nitrogen and oxygen atoms in total. The lowest BCUT2D eigenvalue weighted by Crippen LogP contribution is -2.71. The van der Waals surface area contributed by atoms with Crippen LogP contribution in [0.3, 0.4) is 0 Å². The molecule has 0 spiro atoms. The second-order valence-electron chi connectivity index (χ2n) is 5.54. The molecular weight excluding hydrogens is 332 g/mol. The Morgan fingerprint density at radius 1 is 1.33 bits per heavy atom. The van der Waals surface area contributed by atoms with Gasteiger partial charge in [0, 0.05) is 12.7 Å². The molecule has 2 atom stereocenters. The number of carboxylic acid groups (broad SMARTS) is 1. The van der Waals surface area contributed by atoms with Gasteiger partial charge in [-0.25, -0.2) is 4.79 Å². The van der Waals surface area contributed by atoms with Crippen LogP contribution in [0.5, 0.6) is 5.75 Å². The number of hydroxylamine groups is 2. The summed E-state index contributed by atoms with van der Waals surface area (Å²) in [6.07, 6.45) is 0. The molecular formula is C16H16N2O5S. The van der Waals surface area contributed by atoms with Crippen molar-refractivity contribution >= 4 is 29.5 Å². The van der Waals surface area contributed by atoms with Crippen LogP contribution in [0.4, 0.5) is 0 Å². The average molecular weight is 348 g/mol. The second-order valence-corrected chi connectivity index (χ2v) is 6.64. The van der Waals surface area contributed by atoms with Crippen LogP contribution in [0, 0.1) is 0 Å². The van der Waals surface area contributed by atoms with Crippen LogP contribution in [-0.4, -0.2) is 50.0 Å². The lowest BCUT2D eigenvalue weighted by atomic mass is 10.0. The first kappa shape index (κ1) is 16.4. The lowest BCUT2D eigenvalue weighted by molar-refractivity contribution is -0.187. The van der Waals surface area contributed by atoms with Crippen LogP contribution in [0.2, 0.25) is 0 Å². The van der Waals surface area contributed by atoms with Crippen LogP contribution in [0.1, 0.15) is 13.8 Å². The predicted molar refractivity (Wildman–Crippen MR) is 86.8 cm³/mol. The number of carboxylic acids is 1.